The minimum absolute atomic E-state index is 0.0589. The molecular weight excluding hydrogens is 214 g/mol. The normalized spacial score (nSPS) is 15.1. The SMILES string of the molecule is O=C1CN(c2ccc([N+](=O)[O-])cc2)C(=O)N1. The van der Waals surface area contributed by atoms with Gasteiger partial charge in [-0.25, -0.2) is 4.79 Å². The highest BCUT2D eigenvalue weighted by atomic mass is 16.6. The van der Waals surface area contributed by atoms with Crippen LogP contribution < -0.4 is 10.2 Å². The smallest absolute Gasteiger partial charge is 0.285 e. The van der Waals surface area contributed by atoms with Gasteiger partial charge in [0.1, 0.15) is 6.54 Å². The van der Waals surface area contributed by atoms with E-state index in [2.05, 4.69) is 5.32 Å². The lowest BCUT2D eigenvalue weighted by molar-refractivity contribution is -0.384. The van der Waals surface area contributed by atoms with Crippen LogP contribution in [0.15, 0.2) is 24.3 Å². The molecule has 1 N–H and O–H groups in total. The maximum atomic E-state index is 11.3. The molecule has 0 spiro atoms. The van der Waals surface area contributed by atoms with Crippen LogP contribution in [0, 0.1) is 10.1 Å². The van der Waals surface area contributed by atoms with Crippen LogP contribution in [0.25, 0.3) is 0 Å². The van der Waals surface area contributed by atoms with Gasteiger partial charge in [-0.2, -0.15) is 0 Å². The van der Waals surface area contributed by atoms with Crippen molar-refractivity contribution in [1.29, 1.82) is 0 Å². The van der Waals surface area contributed by atoms with Crippen molar-refractivity contribution >= 4 is 23.3 Å². The summed E-state index contributed by atoms with van der Waals surface area (Å²) < 4.78 is 0. The van der Waals surface area contributed by atoms with Crippen molar-refractivity contribution in [3.05, 3.63) is 34.4 Å². The predicted octanol–water partition coefficient (Wildman–Crippen LogP) is 0.651. The number of non-ortho nitro benzene ring substituents is 1. The van der Waals surface area contributed by atoms with E-state index in [0.29, 0.717) is 5.69 Å². The van der Waals surface area contributed by atoms with Crippen molar-refractivity contribution in [2.45, 2.75) is 0 Å². The van der Waals surface area contributed by atoms with E-state index >= 15 is 0 Å². The molecule has 2 rings (SSSR count). The van der Waals surface area contributed by atoms with Crippen LogP contribution in [0.5, 0.6) is 0 Å². The van der Waals surface area contributed by atoms with Crippen LogP contribution in [-0.2, 0) is 4.79 Å². The van der Waals surface area contributed by atoms with E-state index in [-0.39, 0.29) is 18.1 Å². The molecule has 1 aromatic rings. The zero-order valence-corrected chi connectivity index (χ0v) is 8.04. The molecule has 1 aromatic carbocycles. The molecule has 0 aromatic heterocycles. The lowest BCUT2D eigenvalue weighted by atomic mass is 10.2. The van der Waals surface area contributed by atoms with Crippen LogP contribution in [0.4, 0.5) is 16.2 Å². The second kappa shape index (κ2) is 3.61. The standard InChI is InChI=1S/C9H7N3O4/c13-8-5-11(9(14)10-8)6-1-3-7(4-2-6)12(15)16/h1-4H,5H2,(H,10,13,14). The number of anilines is 1. The number of hydrogen-bond donors (Lipinski definition) is 1. The molecule has 0 radical (unpaired) electrons. The van der Waals surface area contributed by atoms with Crippen molar-refractivity contribution in [3.63, 3.8) is 0 Å². The Labute approximate surface area is 89.8 Å². The molecule has 3 amide bonds. The molecule has 1 aliphatic heterocycles. The molecular formula is C9H7N3O4. The first-order valence-electron chi connectivity index (χ1n) is 4.44. The number of carbonyl (C=O) groups excluding carboxylic acids is 2. The molecule has 7 heteroatoms. The summed E-state index contributed by atoms with van der Waals surface area (Å²) in [7, 11) is 0. The molecule has 1 aliphatic rings. The fourth-order valence-electron chi connectivity index (χ4n) is 1.40. The summed E-state index contributed by atoms with van der Waals surface area (Å²) in [5.41, 5.74) is 0.392. The summed E-state index contributed by atoms with van der Waals surface area (Å²) in [6, 6.07) is 4.91. The van der Waals surface area contributed by atoms with Crippen molar-refractivity contribution in [1.82, 2.24) is 5.32 Å². The number of urea groups is 1. The molecule has 7 nitrogen and oxygen atoms in total. The van der Waals surface area contributed by atoms with Gasteiger partial charge in [-0.1, -0.05) is 0 Å². The Morgan fingerprint density at radius 2 is 1.88 bits per heavy atom. The topological polar surface area (TPSA) is 92.6 Å². The third-order valence-corrected chi connectivity index (χ3v) is 2.17. The van der Waals surface area contributed by atoms with E-state index in [9.17, 15) is 19.7 Å². The molecule has 0 bridgehead atoms. The summed E-state index contributed by atoms with van der Waals surface area (Å²) in [6.07, 6.45) is 0. The zero-order valence-electron chi connectivity index (χ0n) is 8.04. The lowest BCUT2D eigenvalue weighted by Gasteiger charge is -2.12. The minimum Gasteiger partial charge on any atom is -0.285 e. The summed E-state index contributed by atoms with van der Waals surface area (Å²) in [4.78, 5) is 33.3. The third kappa shape index (κ3) is 1.70. The van der Waals surface area contributed by atoms with Crippen molar-refractivity contribution < 1.29 is 14.5 Å². The number of rotatable bonds is 2. The van der Waals surface area contributed by atoms with E-state index in [1.54, 1.807) is 0 Å². The van der Waals surface area contributed by atoms with Crippen LogP contribution in [0.2, 0.25) is 0 Å². The van der Waals surface area contributed by atoms with Gasteiger partial charge in [0.2, 0.25) is 5.91 Å². The summed E-state index contributed by atoms with van der Waals surface area (Å²) in [5, 5.41) is 12.5. The second-order valence-electron chi connectivity index (χ2n) is 3.21. The van der Waals surface area contributed by atoms with Crippen molar-refractivity contribution in [2.24, 2.45) is 0 Å². The number of carbonyl (C=O) groups is 2. The first-order chi connectivity index (χ1) is 7.58. The van der Waals surface area contributed by atoms with E-state index in [4.69, 9.17) is 0 Å². The van der Waals surface area contributed by atoms with Gasteiger partial charge < -0.3 is 0 Å². The van der Waals surface area contributed by atoms with E-state index in [1.807, 2.05) is 0 Å². The number of benzene rings is 1. The number of amides is 3. The zero-order chi connectivity index (χ0) is 11.7. The Morgan fingerprint density at radius 3 is 2.31 bits per heavy atom. The monoisotopic (exact) mass is 221 g/mol. The van der Waals surface area contributed by atoms with Crippen molar-refractivity contribution in [3.8, 4) is 0 Å². The molecule has 0 unspecified atom stereocenters. The van der Waals surface area contributed by atoms with Crippen molar-refractivity contribution in [2.75, 3.05) is 11.4 Å². The maximum absolute atomic E-state index is 11.3. The third-order valence-electron chi connectivity index (χ3n) is 2.17. The van der Waals surface area contributed by atoms with Gasteiger partial charge in [0.15, 0.2) is 0 Å². The van der Waals surface area contributed by atoms with Crippen LogP contribution >= 0.6 is 0 Å². The van der Waals surface area contributed by atoms with Crippen LogP contribution in [0.1, 0.15) is 0 Å². The number of nitro groups is 1. The molecule has 16 heavy (non-hydrogen) atoms. The summed E-state index contributed by atoms with van der Waals surface area (Å²) in [5.74, 6) is -0.386. The first-order valence-corrected chi connectivity index (χ1v) is 4.44. The van der Waals surface area contributed by atoms with Crippen LogP contribution in [-0.4, -0.2) is 23.4 Å². The minimum atomic E-state index is -0.529. The van der Waals surface area contributed by atoms with Gasteiger partial charge in [-0.15, -0.1) is 0 Å². The number of nitrogens with zero attached hydrogens (tertiary/aromatic N) is 2. The molecule has 0 atom stereocenters. The lowest BCUT2D eigenvalue weighted by Crippen LogP contribution is -2.27. The Kier molecular flexibility index (Phi) is 2.28. The van der Waals surface area contributed by atoms with Gasteiger partial charge in [0.05, 0.1) is 4.92 Å². The molecule has 0 saturated carbocycles. The second-order valence-corrected chi connectivity index (χ2v) is 3.21. The Morgan fingerprint density at radius 1 is 1.25 bits per heavy atom. The molecule has 1 saturated heterocycles. The van der Waals surface area contributed by atoms with E-state index in [0.717, 1.165) is 0 Å². The molecule has 0 aliphatic carbocycles. The van der Waals surface area contributed by atoms with Crippen LogP contribution in [0.3, 0.4) is 0 Å². The highest BCUT2D eigenvalue weighted by molar-refractivity contribution is 6.12. The maximum Gasteiger partial charge on any atom is 0.329 e. The predicted molar refractivity (Wildman–Crippen MR) is 54.0 cm³/mol. The average molecular weight is 221 g/mol. The molecule has 1 fully saturated rings. The van der Waals surface area contributed by atoms with Gasteiger partial charge in [0.25, 0.3) is 5.69 Å². The highest BCUT2D eigenvalue weighted by Crippen LogP contribution is 2.20. The average Bonchev–Trinajstić information content (AvgIpc) is 2.58. The molecule has 82 valence electrons. The highest BCUT2D eigenvalue weighted by Gasteiger charge is 2.27. The summed E-state index contributed by atoms with van der Waals surface area (Å²) in [6.45, 7) is -0.0589. The Bertz CT molecular complexity index is 468. The first kappa shape index (κ1) is 10.1. The van der Waals surface area contributed by atoms with Gasteiger partial charge in [-0.05, 0) is 12.1 Å². The Balaban J connectivity index is 2.25. The van der Waals surface area contributed by atoms with E-state index in [1.165, 1.54) is 29.2 Å². The van der Waals surface area contributed by atoms with E-state index < -0.39 is 11.0 Å². The molecule has 1 heterocycles. The number of imide groups is 1. The fourth-order valence-corrected chi connectivity index (χ4v) is 1.40. The number of nitrogens with one attached hydrogen (secondary N) is 1. The van der Waals surface area contributed by atoms with Gasteiger partial charge >= 0.3 is 6.03 Å². The number of hydrogen-bond acceptors (Lipinski definition) is 4. The van der Waals surface area contributed by atoms with Gasteiger partial charge in [0, 0.05) is 17.8 Å². The van der Waals surface area contributed by atoms with Gasteiger partial charge in [-0.3, -0.25) is 25.1 Å². The Hall–Kier alpha value is -2.44. The number of nitro benzene ring substituents is 1. The largest absolute Gasteiger partial charge is 0.329 e. The quantitative estimate of drug-likeness (QED) is 0.450. The fraction of sp³-hybridized carbons (Fsp3) is 0.111. The summed E-state index contributed by atoms with van der Waals surface area (Å²) >= 11 is 0.